The maximum Gasteiger partial charge on any atom is 0.243 e. The molecule has 0 fully saturated rings. The molecule has 22 heavy (non-hydrogen) atoms. The Morgan fingerprint density at radius 1 is 1.27 bits per heavy atom. The van der Waals surface area contributed by atoms with Crippen molar-refractivity contribution in [3.63, 3.8) is 0 Å². The molecule has 0 spiro atoms. The maximum absolute atomic E-state index is 12.8. The van der Waals surface area contributed by atoms with Gasteiger partial charge in [0.1, 0.15) is 0 Å². The van der Waals surface area contributed by atoms with E-state index in [9.17, 15) is 13.2 Å². The number of carbonyl (C=O) groups is 1. The van der Waals surface area contributed by atoms with Gasteiger partial charge < -0.3 is 4.90 Å². The van der Waals surface area contributed by atoms with Crippen molar-refractivity contribution in [3.8, 4) is 0 Å². The van der Waals surface area contributed by atoms with Crippen LogP contribution < -0.4 is 4.90 Å². The Kier molecular flexibility index (Phi) is 3.77. The minimum absolute atomic E-state index is 0.0911. The smallest absolute Gasteiger partial charge is 0.243 e. The summed E-state index contributed by atoms with van der Waals surface area (Å²) in [7, 11) is -3.49. The van der Waals surface area contributed by atoms with Crippen LogP contribution >= 0.6 is 0 Å². The Hall–Kier alpha value is -1.40. The number of carbonyl (C=O) groups excluding carboxylic acids is 1. The van der Waals surface area contributed by atoms with Gasteiger partial charge in [-0.1, -0.05) is 13.8 Å². The Morgan fingerprint density at radius 2 is 1.95 bits per heavy atom. The van der Waals surface area contributed by atoms with E-state index in [4.69, 9.17) is 0 Å². The predicted octanol–water partition coefficient (Wildman–Crippen LogP) is 2.11. The van der Waals surface area contributed by atoms with Crippen molar-refractivity contribution in [2.45, 2.75) is 44.4 Å². The van der Waals surface area contributed by atoms with Gasteiger partial charge >= 0.3 is 0 Å². The number of nitrogens with zero attached hydrogens (tertiary/aromatic N) is 2. The normalized spacial score (nSPS) is 20.6. The topological polar surface area (TPSA) is 57.7 Å². The van der Waals surface area contributed by atoms with Gasteiger partial charge in [-0.05, 0) is 43.0 Å². The molecule has 0 aromatic heterocycles. The van der Waals surface area contributed by atoms with Gasteiger partial charge in [-0.2, -0.15) is 4.31 Å². The van der Waals surface area contributed by atoms with Crippen LogP contribution in [0.5, 0.6) is 0 Å². The SMILES string of the molecule is CCN(CC)S(=O)(=O)c1cc2c3c(c1)[C@@H](C)C(=O)N3CCC2. The van der Waals surface area contributed by atoms with Crippen LogP contribution in [0.25, 0.3) is 0 Å². The van der Waals surface area contributed by atoms with Crippen LogP contribution in [0, 0.1) is 0 Å². The van der Waals surface area contributed by atoms with Crippen molar-refractivity contribution in [1.29, 1.82) is 0 Å². The molecule has 0 radical (unpaired) electrons. The van der Waals surface area contributed by atoms with Crippen molar-refractivity contribution < 1.29 is 13.2 Å². The van der Waals surface area contributed by atoms with E-state index in [0.717, 1.165) is 36.2 Å². The molecule has 1 aromatic rings. The molecule has 1 amide bonds. The number of aryl methyl sites for hydroxylation is 1. The van der Waals surface area contributed by atoms with E-state index in [-0.39, 0.29) is 11.8 Å². The molecule has 0 aliphatic carbocycles. The second kappa shape index (κ2) is 5.35. The molecule has 0 saturated heterocycles. The first kappa shape index (κ1) is 15.5. The minimum Gasteiger partial charge on any atom is -0.311 e. The zero-order valence-electron chi connectivity index (χ0n) is 13.3. The minimum atomic E-state index is -3.49. The van der Waals surface area contributed by atoms with Crippen LogP contribution in [0.4, 0.5) is 5.69 Å². The zero-order chi connectivity index (χ0) is 16.1. The standard InChI is InChI=1S/C16H22N2O3S/c1-4-17(5-2)22(20,21)13-9-12-7-6-8-18-15(12)14(10-13)11(3)16(18)19/h9-11H,4-8H2,1-3H3/t11-/m1/s1. The fourth-order valence-corrected chi connectivity index (χ4v) is 5.07. The number of sulfonamides is 1. The summed E-state index contributed by atoms with van der Waals surface area (Å²) in [6, 6.07) is 3.48. The number of benzene rings is 1. The first-order valence-electron chi connectivity index (χ1n) is 7.90. The molecule has 1 aromatic carbocycles. The Morgan fingerprint density at radius 3 is 2.59 bits per heavy atom. The van der Waals surface area contributed by atoms with Gasteiger partial charge in [0.25, 0.3) is 0 Å². The van der Waals surface area contributed by atoms with E-state index >= 15 is 0 Å². The number of hydrogen-bond donors (Lipinski definition) is 0. The van der Waals surface area contributed by atoms with E-state index in [2.05, 4.69) is 0 Å². The van der Waals surface area contributed by atoms with Gasteiger partial charge in [-0.3, -0.25) is 4.79 Å². The van der Waals surface area contributed by atoms with Crippen LogP contribution in [-0.4, -0.2) is 38.3 Å². The zero-order valence-corrected chi connectivity index (χ0v) is 14.1. The summed E-state index contributed by atoms with van der Waals surface area (Å²) in [5.41, 5.74) is 2.82. The number of hydrogen-bond acceptors (Lipinski definition) is 3. The molecule has 0 saturated carbocycles. The monoisotopic (exact) mass is 322 g/mol. The molecule has 0 bridgehead atoms. The molecule has 120 valence electrons. The third kappa shape index (κ3) is 2.08. The van der Waals surface area contributed by atoms with Crippen molar-refractivity contribution in [1.82, 2.24) is 4.31 Å². The van der Waals surface area contributed by atoms with Gasteiger partial charge in [-0.25, -0.2) is 8.42 Å². The lowest BCUT2D eigenvalue weighted by Gasteiger charge is -2.26. The Balaban J connectivity index is 2.17. The summed E-state index contributed by atoms with van der Waals surface area (Å²) in [5.74, 6) is -0.160. The molecular formula is C16H22N2O3S. The largest absolute Gasteiger partial charge is 0.311 e. The lowest BCUT2D eigenvalue weighted by molar-refractivity contribution is -0.119. The van der Waals surface area contributed by atoms with E-state index in [1.54, 1.807) is 12.1 Å². The van der Waals surface area contributed by atoms with Crippen LogP contribution in [0.3, 0.4) is 0 Å². The third-order valence-corrected chi connectivity index (χ3v) is 6.76. The fourth-order valence-electron chi connectivity index (χ4n) is 3.53. The third-order valence-electron chi connectivity index (χ3n) is 4.74. The lowest BCUT2D eigenvalue weighted by atomic mass is 9.97. The molecule has 3 rings (SSSR count). The second-order valence-electron chi connectivity index (χ2n) is 5.92. The molecule has 2 heterocycles. The molecule has 5 nitrogen and oxygen atoms in total. The summed E-state index contributed by atoms with van der Waals surface area (Å²) >= 11 is 0. The molecule has 2 aliphatic rings. The lowest BCUT2D eigenvalue weighted by Crippen LogP contribution is -2.32. The predicted molar refractivity (Wildman–Crippen MR) is 85.6 cm³/mol. The first-order chi connectivity index (χ1) is 10.4. The summed E-state index contributed by atoms with van der Waals surface area (Å²) in [6.45, 7) is 7.19. The molecule has 0 N–H and O–H groups in total. The van der Waals surface area contributed by atoms with Crippen molar-refractivity contribution >= 4 is 21.6 Å². The average Bonchev–Trinajstić information content (AvgIpc) is 2.75. The highest BCUT2D eigenvalue weighted by atomic mass is 32.2. The summed E-state index contributed by atoms with van der Waals surface area (Å²) < 4.78 is 27.0. The van der Waals surface area contributed by atoms with E-state index < -0.39 is 10.0 Å². The highest BCUT2D eigenvalue weighted by Crippen LogP contribution is 2.44. The summed E-state index contributed by atoms with van der Waals surface area (Å²) in [6.07, 6.45) is 1.72. The van der Waals surface area contributed by atoms with Gasteiger partial charge in [0.05, 0.1) is 16.5 Å². The van der Waals surface area contributed by atoms with Gasteiger partial charge in [0.2, 0.25) is 15.9 Å². The Labute approximate surface area is 132 Å². The number of rotatable bonds is 4. The second-order valence-corrected chi connectivity index (χ2v) is 7.86. The van der Waals surface area contributed by atoms with Gasteiger partial charge in [0, 0.05) is 19.6 Å². The molecule has 2 aliphatic heterocycles. The van der Waals surface area contributed by atoms with E-state index in [1.165, 1.54) is 4.31 Å². The van der Waals surface area contributed by atoms with Crippen LogP contribution in [0.1, 0.15) is 44.2 Å². The Bertz CT molecular complexity index is 723. The first-order valence-corrected chi connectivity index (χ1v) is 9.34. The van der Waals surface area contributed by atoms with E-state index in [0.29, 0.717) is 18.0 Å². The van der Waals surface area contributed by atoms with Gasteiger partial charge in [-0.15, -0.1) is 0 Å². The maximum atomic E-state index is 12.8. The van der Waals surface area contributed by atoms with Crippen LogP contribution in [0.15, 0.2) is 17.0 Å². The van der Waals surface area contributed by atoms with Crippen molar-refractivity contribution in [3.05, 3.63) is 23.3 Å². The fraction of sp³-hybridized carbons (Fsp3) is 0.562. The molecule has 6 heteroatoms. The average molecular weight is 322 g/mol. The number of amides is 1. The van der Waals surface area contributed by atoms with Crippen LogP contribution in [0.2, 0.25) is 0 Å². The van der Waals surface area contributed by atoms with Crippen molar-refractivity contribution in [2.24, 2.45) is 0 Å². The molecular weight excluding hydrogens is 300 g/mol. The molecule has 0 unspecified atom stereocenters. The van der Waals surface area contributed by atoms with E-state index in [1.807, 2.05) is 25.7 Å². The van der Waals surface area contributed by atoms with Crippen LogP contribution in [-0.2, 0) is 21.2 Å². The van der Waals surface area contributed by atoms with Crippen molar-refractivity contribution in [2.75, 3.05) is 24.5 Å². The number of anilines is 1. The summed E-state index contributed by atoms with van der Waals surface area (Å²) in [5, 5.41) is 0. The highest BCUT2D eigenvalue weighted by Gasteiger charge is 2.39. The summed E-state index contributed by atoms with van der Waals surface area (Å²) in [4.78, 5) is 14.5. The molecule has 1 atom stereocenters. The highest BCUT2D eigenvalue weighted by molar-refractivity contribution is 7.89. The quantitative estimate of drug-likeness (QED) is 0.853. The van der Waals surface area contributed by atoms with Gasteiger partial charge in [0.15, 0.2) is 0 Å².